The molecule has 8 heteroatoms. The molecule has 3 N–H and O–H groups in total. The van der Waals surface area contributed by atoms with Crippen LogP contribution in [0.3, 0.4) is 0 Å². The molecule has 0 saturated carbocycles. The average molecular weight is 481 g/mol. The zero-order chi connectivity index (χ0) is 25.0. The molecule has 1 aliphatic heterocycles. The van der Waals surface area contributed by atoms with E-state index in [1.807, 2.05) is 24.3 Å². The number of rotatable bonds is 8. The van der Waals surface area contributed by atoms with Gasteiger partial charge in [0, 0.05) is 30.9 Å². The van der Waals surface area contributed by atoms with Crippen LogP contribution in [0.2, 0.25) is 0 Å². The van der Waals surface area contributed by atoms with Crippen LogP contribution in [0.4, 0.5) is 4.79 Å². The van der Waals surface area contributed by atoms with E-state index >= 15 is 0 Å². The van der Waals surface area contributed by atoms with Gasteiger partial charge in [-0.1, -0.05) is 55.5 Å². The first kappa shape index (κ1) is 24.7. The molecule has 1 saturated heterocycles. The van der Waals surface area contributed by atoms with Crippen LogP contribution in [0.5, 0.6) is 0 Å². The summed E-state index contributed by atoms with van der Waals surface area (Å²) in [7, 11) is 0. The Labute approximate surface area is 205 Å². The number of aliphatic carboxylic acids is 1. The van der Waals surface area contributed by atoms with Crippen LogP contribution in [0.25, 0.3) is 11.1 Å². The van der Waals surface area contributed by atoms with Gasteiger partial charge in [0.05, 0.1) is 6.61 Å². The van der Waals surface area contributed by atoms with Gasteiger partial charge in [-0.25, -0.2) is 9.59 Å². The molecule has 2 aromatic rings. The van der Waals surface area contributed by atoms with E-state index in [0.29, 0.717) is 19.6 Å². The van der Waals surface area contributed by atoms with Crippen molar-refractivity contribution in [3.63, 3.8) is 0 Å². The van der Waals surface area contributed by atoms with E-state index < -0.39 is 17.6 Å². The Kier molecular flexibility index (Phi) is 7.40. The van der Waals surface area contributed by atoms with Crippen LogP contribution < -0.4 is 10.6 Å². The maximum absolute atomic E-state index is 12.7. The van der Waals surface area contributed by atoms with Crippen molar-refractivity contribution in [1.82, 2.24) is 10.6 Å². The Morgan fingerprint density at radius 1 is 1.09 bits per heavy atom. The minimum atomic E-state index is -1.33. The third-order valence-electron chi connectivity index (χ3n) is 7.16. The lowest BCUT2D eigenvalue weighted by atomic mass is 9.91. The highest BCUT2D eigenvalue weighted by molar-refractivity contribution is 5.86. The Hall–Kier alpha value is -3.39. The molecule has 186 valence electrons. The molecule has 2 amide bonds. The van der Waals surface area contributed by atoms with Crippen molar-refractivity contribution in [2.75, 3.05) is 19.8 Å². The summed E-state index contributed by atoms with van der Waals surface area (Å²) in [6.07, 6.45) is 0.327. The second-order valence-corrected chi connectivity index (χ2v) is 9.44. The molecule has 1 fully saturated rings. The smallest absolute Gasteiger partial charge is 0.407 e. The molecule has 0 bridgehead atoms. The zero-order valence-corrected chi connectivity index (χ0v) is 20.1. The first-order chi connectivity index (χ1) is 16.8. The van der Waals surface area contributed by atoms with Gasteiger partial charge in [-0.2, -0.15) is 0 Å². The Morgan fingerprint density at radius 2 is 1.71 bits per heavy atom. The standard InChI is InChI=1S/C27H32N2O6/c1-3-27(2,25(31)32)29-24(30)14-17-15-34-13-12-23(17)28-26(33)35-16-22-20-10-6-4-8-18(20)19-9-5-7-11-21(19)22/h4-11,17,22-23H,3,12-16H2,1-2H3,(H,28,33)(H,29,30)(H,31,32). The molecular weight excluding hydrogens is 448 g/mol. The molecule has 4 rings (SSSR count). The van der Waals surface area contributed by atoms with E-state index in [1.165, 1.54) is 6.92 Å². The summed E-state index contributed by atoms with van der Waals surface area (Å²) in [5.41, 5.74) is 3.27. The van der Waals surface area contributed by atoms with Crippen LogP contribution in [-0.2, 0) is 19.1 Å². The lowest BCUT2D eigenvalue weighted by Gasteiger charge is -2.33. The summed E-state index contributed by atoms with van der Waals surface area (Å²) in [6, 6.07) is 16.0. The fourth-order valence-electron chi connectivity index (χ4n) is 4.87. The zero-order valence-electron chi connectivity index (χ0n) is 20.1. The number of carboxylic acid groups (broad SMARTS) is 1. The van der Waals surface area contributed by atoms with Crippen LogP contribution >= 0.6 is 0 Å². The first-order valence-electron chi connectivity index (χ1n) is 12.1. The van der Waals surface area contributed by atoms with Crippen LogP contribution in [0.1, 0.15) is 50.2 Å². The van der Waals surface area contributed by atoms with Gasteiger partial charge in [0.25, 0.3) is 0 Å². The van der Waals surface area contributed by atoms with Crippen molar-refractivity contribution in [2.24, 2.45) is 5.92 Å². The van der Waals surface area contributed by atoms with Gasteiger partial charge in [-0.3, -0.25) is 4.79 Å². The van der Waals surface area contributed by atoms with Gasteiger partial charge in [0.2, 0.25) is 5.91 Å². The van der Waals surface area contributed by atoms with Crippen molar-refractivity contribution in [2.45, 2.75) is 50.6 Å². The maximum atomic E-state index is 12.7. The summed E-state index contributed by atoms with van der Waals surface area (Å²) < 4.78 is 11.2. The number of fused-ring (bicyclic) bond motifs is 3. The van der Waals surface area contributed by atoms with E-state index in [4.69, 9.17) is 9.47 Å². The Morgan fingerprint density at radius 3 is 2.31 bits per heavy atom. The number of ether oxygens (including phenoxy) is 2. The fraction of sp³-hybridized carbons (Fsp3) is 0.444. The molecule has 35 heavy (non-hydrogen) atoms. The lowest BCUT2D eigenvalue weighted by molar-refractivity contribution is -0.147. The SMILES string of the molecule is CCC(C)(NC(=O)CC1COCCC1NC(=O)OCC1c2ccccc2-c2ccccc21)C(=O)O. The molecule has 3 unspecified atom stereocenters. The van der Waals surface area contributed by atoms with E-state index in [1.54, 1.807) is 6.92 Å². The van der Waals surface area contributed by atoms with Crippen molar-refractivity contribution < 1.29 is 29.0 Å². The predicted octanol–water partition coefficient (Wildman–Crippen LogP) is 3.69. The number of alkyl carbamates (subject to hydrolysis) is 1. The molecule has 0 aromatic heterocycles. The summed E-state index contributed by atoms with van der Waals surface area (Å²) in [6.45, 7) is 4.17. The van der Waals surface area contributed by atoms with Gasteiger partial charge in [0.15, 0.2) is 0 Å². The van der Waals surface area contributed by atoms with Crippen LogP contribution in [0.15, 0.2) is 48.5 Å². The van der Waals surface area contributed by atoms with E-state index in [9.17, 15) is 19.5 Å². The molecule has 3 atom stereocenters. The molecule has 0 radical (unpaired) electrons. The van der Waals surface area contributed by atoms with Crippen molar-refractivity contribution in [1.29, 1.82) is 0 Å². The third-order valence-corrected chi connectivity index (χ3v) is 7.16. The summed E-state index contributed by atoms with van der Waals surface area (Å²) in [5.74, 6) is -1.78. The monoisotopic (exact) mass is 480 g/mol. The van der Waals surface area contributed by atoms with Crippen molar-refractivity contribution >= 4 is 18.0 Å². The van der Waals surface area contributed by atoms with Gasteiger partial charge < -0.3 is 25.2 Å². The lowest BCUT2D eigenvalue weighted by Crippen LogP contribution is -2.53. The minimum Gasteiger partial charge on any atom is -0.480 e. The number of carboxylic acids is 1. The van der Waals surface area contributed by atoms with E-state index in [-0.39, 0.29) is 43.2 Å². The maximum Gasteiger partial charge on any atom is 0.407 e. The first-order valence-corrected chi connectivity index (χ1v) is 12.1. The quantitative estimate of drug-likeness (QED) is 0.531. The highest BCUT2D eigenvalue weighted by Crippen LogP contribution is 2.44. The van der Waals surface area contributed by atoms with Crippen molar-refractivity contribution in [3.8, 4) is 11.1 Å². The molecule has 2 aliphatic rings. The molecule has 0 spiro atoms. The number of nitrogens with one attached hydrogen (secondary N) is 2. The highest BCUT2D eigenvalue weighted by atomic mass is 16.5. The second-order valence-electron chi connectivity index (χ2n) is 9.44. The number of hydrogen-bond donors (Lipinski definition) is 3. The molecule has 1 aliphatic carbocycles. The van der Waals surface area contributed by atoms with Gasteiger partial charge in [0.1, 0.15) is 12.1 Å². The average Bonchev–Trinajstić information content (AvgIpc) is 3.17. The van der Waals surface area contributed by atoms with Gasteiger partial charge in [-0.05, 0) is 42.0 Å². The summed E-state index contributed by atoms with van der Waals surface area (Å²) in [4.78, 5) is 36.8. The fourth-order valence-corrected chi connectivity index (χ4v) is 4.87. The second kappa shape index (κ2) is 10.5. The number of benzene rings is 2. The highest BCUT2D eigenvalue weighted by Gasteiger charge is 2.36. The normalized spacial score (nSPS) is 20.7. The number of carbonyl (C=O) groups excluding carboxylic acids is 2. The Bertz CT molecular complexity index is 1060. The molecular formula is C27H32N2O6. The molecule has 1 heterocycles. The van der Waals surface area contributed by atoms with Crippen LogP contribution in [-0.4, -0.2) is 54.5 Å². The number of carbonyl (C=O) groups is 3. The van der Waals surface area contributed by atoms with E-state index in [0.717, 1.165) is 22.3 Å². The Balaban J connectivity index is 1.36. The van der Waals surface area contributed by atoms with Gasteiger partial charge >= 0.3 is 12.1 Å². The summed E-state index contributed by atoms with van der Waals surface area (Å²) >= 11 is 0. The predicted molar refractivity (Wildman–Crippen MR) is 130 cm³/mol. The topological polar surface area (TPSA) is 114 Å². The third kappa shape index (κ3) is 5.32. The number of hydrogen-bond acceptors (Lipinski definition) is 5. The molecule has 2 aromatic carbocycles. The molecule has 8 nitrogen and oxygen atoms in total. The number of amides is 2. The largest absolute Gasteiger partial charge is 0.480 e. The van der Waals surface area contributed by atoms with E-state index in [2.05, 4.69) is 34.9 Å². The summed E-state index contributed by atoms with van der Waals surface area (Å²) in [5, 5.41) is 14.9. The van der Waals surface area contributed by atoms with Gasteiger partial charge in [-0.15, -0.1) is 0 Å². The van der Waals surface area contributed by atoms with Crippen LogP contribution in [0, 0.1) is 5.92 Å². The van der Waals surface area contributed by atoms with Crippen molar-refractivity contribution in [3.05, 3.63) is 59.7 Å². The minimum absolute atomic E-state index is 0.0350.